The van der Waals surface area contributed by atoms with Crippen LogP contribution in [0.2, 0.25) is 0 Å². The van der Waals surface area contributed by atoms with E-state index in [1.807, 2.05) is 39.3 Å². The van der Waals surface area contributed by atoms with Gasteiger partial charge >= 0.3 is 0 Å². The molecule has 2 aromatic heterocycles. The number of carbonyl (C=O) groups excluding carboxylic acids is 1. The molecule has 1 unspecified atom stereocenters. The molecule has 1 amide bonds. The van der Waals surface area contributed by atoms with Crippen LogP contribution in [-0.4, -0.2) is 52.9 Å². The molecule has 0 bridgehead atoms. The summed E-state index contributed by atoms with van der Waals surface area (Å²) in [4.78, 5) is 17.3. The molecule has 1 fully saturated rings. The number of aromatic nitrogens is 3. The fraction of sp³-hybridized carbons (Fsp3) is 0.640. The SMILES string of the molecule is CC(C)Oc1cc(-c2nn(C(C)C)c3c2CCC(C(=O)NC2(C)CCS(O)(O)CC2)C3)c(F)cn1. The number of carbonyl (C=O) groups is 1. The zero-order valence-electron chi connectivity index (χ0n) is 21.2. The third kappa shape index (κ3) is 5.65. The lowest BCUT2D eigenvalue weighted by molar-refractivity contribution is -0.127. The zero-order valence-corrected chi connectivity index (χ0v) is 22.0. The summed E-state index contributed by atoms with van der Waals surface area (Å²) in [5.74, 6) is 0.315. The molecule has 35 heavy (non-hydrogen) atoms. The number of fused-ring (bicyclic) bond motifs is 1. The van der Waals surface area contributed by atoms with E-state index >= 15 is 0 Å². The van der Waals surface area contributed by atoms with Crippen molar-refractivity contribution < 1.29 is 23.0 Å². The number of rotatable bonds is 6. The van der Waals surface area contributed by atoms with Gasteiger partial charge in [-0.3, -0.25) is 18.6 Å². The molecule has 3 heterocycles. The molecule has 1 aliphatic heterocycles. The molecule has 2 aliphatic rings. The predicted molar refractivity (Wildman–Crippen MR) is 135 cm³/mol. The summed E-state index contributed by atoms with van der Waals surface area (Å²) in [6.45, 7) is 9.82. The highest BCUT2D eigenvalue weighted by Gasteiger charge is 2.38. The van der Waals surface area contributed by atoms with Gasteiger partial charge < -0.3 is 10.1 Å². The molecule has 10 heteroatoms. The van der Waals surface area contributed by atoms with Gasteiger partial charge in [0, 0.05) is 58.3 Å². The minimum atomic E-state index is -2.51. The Kier molecular flexibility index (Phi) is 7.19. The van der Waals surface area contributed by atoms with Crippen LogP contribution in [0.3, 0.4) is 0 Å². The van der Waals surface area contributed by atoms with Gasteiger partial charge in [-0.1, -0.05) is 0 Å². The molecule has 0 saturated carbocycles. The van der Waals surface area contributed by atoms with E-state index < -0.39 is 21.9 Å². The van der Waals surface area contributed by atoms with Crippen molar-refractivity contribution in [3.8, 4) is 17.1 Å². The molecule has 1 aliphatic carbocycles. The van der Waals surface area contributed by atoms with E-state index in [9.17, 15) is 18.3 Å². The van der Waals surface area contributed by atoms with Crippen LogP contribution >= 0.6 is 10.6 Å². The first-order valence-electron chi connectivity index (χ1n) is 12.4. The van der Waals surface area contributed by atoms with Crippen molar-refractivity contribution in [2.45, 2.75) is 84.4 Å². The van der Waals surface area contributed by atoms with Gasteiger partial charge in [0.25, 0.3) is 0 Å². The molecular weight excluding hydrogens is 471 g/mol. The minimum absolute atomic E-state index is 0.0164. The first kappa shape index (κ1) is 25.9. The summed E-state index contributed by atoms with van der Waals surface area (Å²) in [5.41, 5.74) is 2.46. The van der Waals surface area contributed by atoms with E-state index in [-0.39, 0.29) is 24.0 Å². The van der Waals surface area contributed by atoms with Gasteiger partial charge in [0.15, 0.2) is 5.82 Å². The van der Waals surface area contributed by atoms with Gasteiger partial charge in [-0.2, -0.15) is 15.7 Å². The van der Waals surface area contributed by atoms with Gasteiger partial charge in [-0.15, -0.1) is 0 Å². The number of hydrogen-bond acceptors (Lipinski definition) is 6. The van der Waals surface area contributed by atoms with Crippen molar-refractivity contribution >= 4 is 16.5 Å². The van der Waals surface area contributed by atoms with Crippen molar-refractivity contribution in [3.05, 3.63) is 29.3 Å². The van der Waals surface area contributed by atoms with Gasteiger partial charge in [-0.05, 0) is 60.3 Å². The van der Waals surface area contributed by atoms with Crippen LogP contribution in [0.25, 0.3) is 11.3 Å². The number of ether oxygens (including phenoxy) is 1. The average molecular weight is 509 g/mol. The highest BCUT2D eigenvalue weighted by molar-refractivity contribution is 8.24. The van der Waals surface area contributed by atoms with Crippen LogP contribution in [-0.2, 0) is 17.6 Å². The number of amides is 1. The smallest absolute Gasteiger partial charge is 0.223 e. The topological polar surface area (TPSA) is 110 Å². The van der Waals surface area contributed by atoms with Gasteiger partial charge in [0.2, 0.25) is 11.8 Å². The van der Waals surface area contributed by atoms with E-state index in [2.05, 4.69) is 10.3 Å². The summed E-state index contributed by atoms with van der Waals surface area (Å²) in [5, 5.41) is 7.98. The maximum absolute atomic E-state index is 14.9. The van der Waals surface area contributed by atoms with Crippen LogP contribution in [0.4, 0.5) is 4.39 Å². The number of nitrogens with zero attached hydrogens (tertiary/aromatic N) is 3. The molecule has 4 rings (SSSR count). The third-order valence-corrected chi connectivity index (χ3v) is 8.71. The van der Waals surface area contributed by atoms with Gasteiger partial charge in [0.1, 0.15) is 0 Å². The molecule has 0 aromatic carbocycles. The molecule has 1 saturated heterocycles. The first-order valence-corrected chi connectivity index (χ1v) is 14.2. The lowest BCUT2D eigenvalue weighted by atomic mass is 9.84. The molecule has 8 nitrogen and oxygen atoms in total. The molecule has 1 atom stereocenters. The van der Waals surface area contributed by atoms with Gasteiger partial charge in [-0.25, -0.2) is 9.37 Å². The Balaban J connectivity index is 1.58. The maximum atomic E-state index is 14.9. The number of pyridine rings is 1. The Labute approximate surface area is 208 Å². The van der Waals surface area contributed by atoms with Crippen molar-refractivity contribution in [2.24, 2.45) is 5.92 Å². The largest absolute Gasteiger partial charge is 0.475 e. The fourth-order valence-corrected chi connectivity index (χ4v) is 6.70. The second-order valence-corrected chi connectivity index (χ2v) is 13.1. The Morgan fingerprint density at radius 1 is 1.29 bits per heavy atom. The zero-order chi connectivity index (χ0) is 25.5. The Morgan fingerprint density at radius 3 is 2.60 bits per heavy atom. The van der Waals surface area contributed by atoms with Crippen LogP contribution in [0.15, 0.2) is 12.3 Å². The summed E-state index contributed by atoms with van der Waals surface area (Å²) >= 11 is 0. The standard InChI is InChI=1S/C25H37FN4O4S/c1-15(2)30-21-12-17(24(31)28-25(5)8-10-35(32,33)11-9-25)6-7-18(21)23(29-30)19-13-22(34-16(3)4)27-14-20(19)26/h13-17,32-33H,6-12H2,1-5H3,(H,28,31). The number of hydrogen-bond donors (Lipinski definition) is 3. The lowest BCUT2D eigenvalue weighted by Crippen LogP contribution is -2.52. The Bertz CT molecular complexity index is 1090. The van der Waals surface area contributed by atoms with Crippen molar-refractivity contribution in [3.63, 3.8) is 0 Å². The minimum Gasteiger partial charge on any atom is -0.475 e. The number of halogens is 1. The third-order valence-electron chi connectivity index (χ3n) is 6.99. The van der Waals surface area contributed by atoms with E-state index in [0.29, 0.717) is 60.7 Å². The molecule has 2 aromatic rings. The first-order chi connectivity index (χ1) is 16.4. The second kappa shape index (κ2) is 9.71. The fourth-order valence-electron chi connectivity index (χ4n) is 4.94. The predicted octanol–water partition coefficient (Wildman–Crippen LogP) is 4.98. The Hall–Kier alpha value is -2.17. The number of nitrogens with one attached hydrogen (secondary N) is 1. The lowest BCUT2D eigenvalue weighted by Gasteiger charge is -2.45. The summed E-state index contributed by atoms with van der Waals surface area (Å²) in [6.07, 6.45) is 3.98. The monoisotopic (exact) mass is 508 g/mol. The quantitative estimate of drug-likeness (QED) is 0.508. The average Bonchev–Trinajstić information content (AvgIpc) is 3.16. The summed E-state index contributed by atoms with van der Waals surface area (Å²) < 4.78 is 42.3. The normalized spacial score (nSPS) is 22.1. The highest BCUT2D eigenvalue weighted by Crippen LogP contribution is 2.47. The van der Waals surface area contributed by atoms with Crippen molar-refractivity contribution in [2.75, 3.05) is 11.5 Å². The maximum Gasteiger partial charge on any atom is 0.223 e. The van der Waals surface area contributed by atoms with Crippen LogP contribution in [0, 0.1) is 11.7 Å². The van der Waals surface area contributed by atoms with Crippen LogP contribution in [0.5, 0.6) is 5.88 Å². The van der Waals surface area contributed by atoms with Crippen LogP contribution < -0.4 is 10.1 Å². The molecule has 0 radical (unpaired) electrons. The molecule has 0 spiro atoms. The molecular formula is C25H37FN4O4S. The molecule has 194 valence electrons. The van der Waals surface area contributed by atoms with Crippen molar-refractivity contribution in [1.29, 1.82) is 0 Å². The van der Waals surface area contributed by atoms with E-state index in [4.69, 9.17) is 9.84 Å². The molecule has 3 N–H and O–H groups in total. The summed E-state index contributed by atoms with van der Waals surface area (Å²) in [6, 6.07) is 1.66. The Morgan fingerprint density at radius 2 is 1.97 bits per heavy atom. The van der Waals surface area contributed by atoms with E-state index in [1.54, 1.807) is 6.07 Å². The summed E-state index contributed by atoms with van der Waals surface area (Å²) in [7, 11) is -2.51. The van der Waals surface area contributed by atoms with Crippen molar-refractivity contribution in [1.82, 2.24) is 20.1 Å². The van der Waals surface area contributed by atoms with E-state index in [0.717, 1.165) is 11.3 Å². The van der Waals surface area contributed by atoms with Gasteiger partial charge in [0.05, 0.1) is 18.0 Å². The highest BCUT2D eigenvalue weighted by atomic mass is 32.3. The van der Waals surface area contributed by atoms with Crippen LogP contribution in [0.1, 0.15) is 71.2 Å². The second-order valence-electron chi connectivity index (χ2n) is 10.7. The van der Waals surface area contributed by atoms with E-state index in [1.165, 1.54) is 6.20 Å².